The lowest BCUT2D eigenvalue weighted by Gasteiger charge is -2.11. The molecule has 0 atom stereocenters. The van der Waals surface area contributed by atoms with Crippen LogP contribution in [0.25, 0.3) is 0 Å². The van der Waals surface area contributed by atoms with Crippen LogP contribution in [-0.4, -0.2) is 13.0 Å². The van der Waals surface area contributed by atoms with E-state index in [2.05, 4.69) is 5.32 Å². The van der Waals surface area contributed by atoms with Crippen LogP contribution in [0.4, 0.5) is 11.6 Å². The fourth-order valence-corrected chi connectivity index (χ4v) is 1.74. The van der Waals surface area contributed by atoms with Gasteiger partial charge in [-0.25, -0.2) is 0 Å². The number of rotatable bonds is 3. The number of hydrogen-bond donors (Lipinski definition) is 2. The van der Waals surface area contributed by atoms with Gasteiger partial charge in [-0.15, -0.1) is 0 Å². The molecule has 0 saturated carbocycles. The van der Waals surface area contributed by atoms with Crippen LogP contribution in [0.1, 0.15) is 16.1 Å². The molecule has 2 rings (SSSR count). The number of furan rings is 1. The summed E-state index contributed by atoms with van der Waals surface area (Å²) in [5.74, 6) is 0.386. The van der Waals surface area contributed by atoms with E-state index in [1.807, 2.05) is 6.92 Å². The van der Waals surface area contributed by atoms with Crippen LogP contribution in [0.2, 0.25) is 5.02 Å². The Morgan fingerprint density at radius 1 is 1.42 bits per heavy atom. The Labute approximate surface area is 115 Å². The summed E-state index contributed by atoms with van der Waals surface area (Å²) in [4.78, 5) is 11.9. The van der Waals surface area contributed by atoms with Gasteiger partial charge in [-0.3, -0.25) is 4.79 Å². The molecule has 100 valence electrons. The van der Waals surface area contributed by atoms with Crippen molar-refractivity contribution in [3.8, 4) is 5.75 Å². The van der Waals surface area contributed by atoms with Gasteiger partial charge < -0.3 is 20.2 Å². The Morgan fingerprint density at radius 3 is 2.74 bits per heavy atom. The second-order valence-corrected chi connectivity index (χ2v) is 4.37. The van der Waals surface area contributed by atoms with Gasteiger partial charge in [0.2, 0.25) is 0 Å². The molecule has 1 heterocycles. The Kier molecular flexibility index (Phi) is 3.66. The second-order valence-electron chi connectivity index (χ2n) is 3.96. The van der Waals surface area contributed by atoms with Crippen LogP contribution in [0.5, 0.6) is 5.75 Å². The number of hydrogen-bond acceptors (Lipinski definition) is 4. The minimum atomic E-state index is -0.406. The average molecular weight is 281 g/mol. The quantitative estimate of drug-likeness (QED) is 0.906. The van der Waals surface area contributed by atoms with Gasteiger partial charge in [-0.05, 0) is 24.6 Å². The zero-order chi connectivity index (χ0) is 14.0. The molecule has 0 unspecified atom stereocenters. The smallest absolute Gasteiger partial charge is 0.291 e. The van der Waals surface area contributed by atoms with E-state index in [4.69, 9.17) is 26.5 Å². The lowest BCUT2D eigenvalue weighted by atomic mass is 10.2. The first-order valence-electron chi connectivity index (χ1n) is 5.52. The molecule has 0 fully saturated rings. The number of ether oxygens (including phenoxy) is 1. The molecule has 0 aliphatic rings. The molecule has 1 amide bonds. The summed E-state index contributed by atoms with van der Waals surface area (Å²) in [6.07, 6.45) is 0. The molecule has 3 N–H and O–H groups in total. The summed E-state index contributed by atoms with van der Waals surface area (Å²) < 4.78 is 10.2. The Hall–Kier alpha value is -2.14. The summed E-state index contributed by atoms with van der Waals surface area (Å²) in [6, 6.07) is 6.38. The SMILES string of the molecule is COc1cc(Cl)c(C)cc1NC(=O)c1ccc(N)o1. The highest BCUT2D eigenvalue weighted by Crippen LogP contribution is 2.31. The molecule has 0 radical (unpaired) electrons. The number of amides is 1. The normalized spacial score (nSPS) is 10.3. The zero-order valence-electron chi connectivity index (χ0n) is 10.5. The summed E-state index contributed by atoms with van der Waals surface area (Å²) in [6.45, 7) is 1.84. The van der Waals surface area contributed by atoms with Crippen LogP contribution in [0.15, 0.2) is 28.7 Å². The Morgan fingerprint density at radius 2 is 2.16 bits per heavy atom. The minimum absolute atomic E-state index is 0.132. The molecule has 1 aromatic heterocycles. The highest BCUT2D eigenvalue weighted by atomic mass is 35.5. The monoisotopic (exact) mass is 280 g/mol. The van der Waals surface area contributed by atoms with Crippen molar-refractivity contribution in [3.63, 3.8) is 0 Å². The van der Waals surface area contributed by atoms with Crippen LogP contribution in [0.3, 0.4) is 0 Å². The van der Waals surface area contributed by atoms with Crippen molar-refractivity contribution < 1.29 is 13.9 Å². The number of nitrogen functional groups attached to an aromatic ring is 1. The Bertz CT molecular complexity index is 622. The van der Waals surface area contributed by atoms with E-state index < -0.39 is 5.91 Å². The third kappa shape index (κ3) is 2.82. The summed E-state index contributed by atoms with van der Waals surface area (Å²) >= 11 is 5.99. The number of nitrogens with two attached hydrogens (primary N) is 1. The van der Waals surface area contributed by atoms with Crippen LogP contribution >= 0.6 is 11.6 Å². The largest absolute Gasteiger partial charge is 0.495 e. The van der Waals surface area contributed by atoms with Crippen molar-refractivity contribution in [2.24, 2.45) is 0 Å². The van der Waals surface area contributed by atoms with Crippen molar-refractivity contribution in [3.05, 3.63) is 40.6 Å². The van der Waals surface area contributed by atoms with Gasteiger partial charge in [-0.2, -0.15) is 0 Å². The van der Waals surface area contributed by atoms with Gasteiger partial charge in [0, 0.05) is 17.2 Å². The lowest BCUT2D eigenvalue weighted by molar-refractivity contribution is 0.0997. The average Bonchev–Trinajstić information content (AvgIpc) is 2.80. The van der Waals surface area contributed by atoms with E-state index in [0.717, 1.165) is 5.56 Å². The van der Waals surface area contributed by atoms with E-state index in [1.165, 1.54) is 19.2 Å². The molecule has 0 aliphatic heterocycles. The number of carbonyl (C=O) groups is 1. The summed E-state index contributed by atoms with van der Waals surface area (Å²) in [5.41, 5.74) is 6.77. The predicted molar refractivity (Wildman–Crippen MR) is 73.8 cm³/mol. The van der Waals surface area contributed by atoms with Gasteiger partial charge in [-0.1, -0.05) is 11.6 Å². The van der Waals surface area contributed by atoms with Crippen LogP contribution < -0.4 is 15.8 Å². The molecule has 0 saturated heterocycles. The van der Waals surface area contributed by atoms with E-state index >= 15 is 0 Å². The summed E-state index contributed by atoms with van der Waals surface area (Å²) in [5, 5.41) is 3.25. The van der Waals surface area contributed by atoms with Crippen molar-refractivity contribution >= 4 is 29.1 Å². The molecule has 0 bridgehead atoms. The number of methoxy groups -OCH3 is 1. The van der Waals surface area contributed by atoms with Gasteiger partial charge >= 0.3 is 0 Å². The number of nitrogens with one attached hydrogen (secondary N) is 1. The maximum Gasteiger partial charge on any atom is 0.291 e. The third-order valence-electron chi connectivity index (χ3n) is 2.58. The number of benzene rings is 1. The van der Waals surface area contributed by atoms with Crippen molar-refractivity contribution in [2.45, 2.75) is 6.92 Å². The van der Waals surface area contributed by atoms with Gasteiger partial charge in [0.05, 0.1) is 12.8 Å². The van der Waals surface area contributed by atoms with E-state index in [0.29, 0.717) is 16.5 Å². The standard InChI is InChI=1S/C13H13ClN2O3/c1-7-5-9(11(18-2)6-8(7)14)16-13(17)10-3-4-12(15)19-10/h3-6H,15H2,1-2H3,(H,16,17). The Balaban J connectivity index is 2.28. The maximum atomic E-state index is 11.9. The molecule has 2 aromatic rings. The molecular weight excluding hydrogens is 268 g/mol. The molecule has 19 heavy (non-hydrogen) atoms. The molecule has 5 nitrogen and oxygen atoms in total. The van der Waals surface area contributed by atoms with Crippen molar-refractivity contribution in [1.82, 2.24) is 0 Å². The number of anilines is 2. The minimum Gasteiger partial charge on any atom is -0.495 e. The van der Waals surface area contributed by atoms with Gasteiger partial charge in [0.25, 0.3) is 5.91 Å². The molecule has 0 spiro atoms. The van der Waals surface area contributed by atoms with E-state index in [-0.39, 0.29) is 11.6 Å². The van der Waals surface area contributed by atoms with Crippen molar-refractivity contribution in [1.29, 1.82) is 0 Å². The molecule has 6 heteroatoms. The number of aryl methyl sites for hydroxylation is 1. The van der Waals surface area contributed by atoms with E-state index in [1.54, 1.807) is 12.1 Å². The van der Waals surface area contributed by atoms with Crippen LogP contribution in [-0.2, 0) is 0 Å². The van der Waals surface area contributed by atoms with Crippen LogP contribution in [0, 0.1) is 6.92 Å². The number of carbonyl (C=O) groups excluding carboxylic acids is 1. The fourth-order valence-electron chi connectivity index (χ4n) is 1.59. The topological polar surface area (TPSA) is 77.5 Å². The molecular formula is C13H13ClN2O3. The van der Waals surface area contributed by atoms with Gasteiger partial charge in [0.1, 0.15) is 5.75 Å². The summed E-state index contributed by atoms with van der Waals surface area (Å²) in [7, 11) is 1.50. The first-order chi connectivity index (χ1) is 9.01. The molecule has 1 aromatic carbocycles. The second kappa shape index (κ2) is 5.24. The highest BCUT2D eigenvalue weighted by molar-refractivity contribution is 6.31. The first kappa shape index (κ1) is 13.3. The predicted octanol–water partition coefficient (Wildman–Crippen LogP) is 3.08. The van der Waals surface area contributed by atoms with E-state index in [9.17, 15) is 4.79 Å². The number of halogens is 1. The highest BCUT2D eigenvalue weighted by Gasteiger charge is 2.14. The fraction of sp³-hybridized carbons (Fsp3) is 0.154. The first-order valence-corrected chi connectivity index (χ1v) is 5.90. The maximum absolute atomic E-state index is 11.9. The van der Waals surface area contributed by atoms with Crippen molar-refractivity contribution in [2.75, 3.05) is 18.2 Å². The van der Waals surface area contributed by atoms with Gasteiger partial charge in [0.15, 0.2) is 11.6 Å². The lowest BCUT2D eigenvalue weighted by Crippen LogP contribution is -2.12. The third-order valence-corrected chi connectivity index (χ3v) is 2.99. The molecule has 0 aliphatic carbocycles. The zero-order valence-corrected chi connectivity index (χ0v) is 11.2.